The second kappa shape index (κ2) is 9.01. The smallest absolute Gasteiger partial charge is 0.274 e. The van der Waals surface area contributed by atoms with Crippen molar-refractivity contribution in [2.24, 2.45) is 0 Å². The van der Waals surface area contributed by atoms with Crippen LogP contribution in [-0.2, 0) is 4.79 Å². The van der Waals surface area contributed by atoms with Gasteiger partial charge in [0, 0.05) is 56.0 Å². The van der Waals surface area contributed by atoms with E-state index >= 15 is 0 Å². The first-order valence-corrected chi connectivity index (χ1v) is 9.35. The van der Waals surface area contributed by atoms with E-state index < -0.39 is 5.82 Å². The maximum Gasteiger partial charge on any atom is 0.274 e. The first kappa shape index (κ1) is 19.4. The third-order valence-corrected chi connectivity index (χ3v) is 4.80. The Morgan fingerprint density at radius 2 is 1.96 bits per heavy atom. The van der Waals surface area contributed by atoms with Crippen molar-refractivity contribution in [1.29, 1.82) is 0 Å². The zero-order valence-electron chi connectivity index (χ0n) is 14.6. The maximum atomic E-state index is 13.8. The highest BCUT2D eigenvalue weighted by Gasteiger charge is 2.23. The van der Waals surface area contributed by atoms with Crippen LogP contribution in [0.2, 0.25) is 0 Å². The van der Waals surface area contributed by atoms with Crippen molar-refractivity contribution in [3.63, 3.8) is 0 Å². The van der Waals surface area contributed by atoms with Gasteiger partial charge in [0.1, 0.15) is 11.5 Å². The van der Waals surface area contributed by atoms with Crippen molar-refractivity contribution in [1.82, 2.24) is 19.8 Å². The number of rotatable bonds is 5. The Kier molecular flexibility index (Phi) is 6.46. The Hall–Kier alpha value is -2.39. The Bertz CT molecular complexity index is 813. The highest BCUT2D eigenvalue weighted by molar-refractivity contribution is 9.10. The molecule has 2 heterocycles. The van der Waals surface area contributed by atoms with E-state index in [-0.39, 0.29) is 23.9 Å². The molecule has 1 aliphatic heterocycles. The fourth-order valence-corrected chi connectivity index (χ4v) is 3.14. The number of nitrogens with one attached hydrogen (secondary N) is 1. The average Bonchev–Trinajstić information content (AvgIpc) is 2.69. The number of amides is 2. The molecule has 9 heteroatoms. The van der Waals surface area contributed by atoms with E-state index in [1.54, 1.807) is 11.0 Å². The number of nitrogens with zero attached hydrogens (tertiary/aromatic N) is 4. The molecule has 0 spiro atoms. The summed E-state index contributed by atoms with van der Waals surface area (Å²) in [6, 6.07) is 4.50. The Labute approximate surface area is 164 Å². The van der Waals surface area contributed by atoms with Gasteiger partial charge in [-0.1, -0.05) is 15.9 Å². The van der Waals surface area contributed by atoms with Crippen LogP contribution in [0.4, 0.5) is 10.1 Å². The van der Waals surface area contributed by atoms with Crippen LogP contribution >= 0.6 is 15.9 Å². The molecule has 0 atom stereocenters. The highest BCUT2D eigenvalue weighted by atomic mass is 79.9. The van der Waals surface area contributed by atoms with Gasteiger partial charge in [-0.25, -0.2) is 9.37 Å². The first-order valence-electron chi connectivity index (χ1n) is 8.55. The third kappa shape index (κ3) is 5.30. The van der Waals surface area contributed by atoms with Gasteiger partial charge in [0.15, 0.2) is 0 Å². The summed E-state index contributed by atoms with van der Waals surface area (Å²) < 4.78 is 14.4. The molecule has 1 N–H and O–H groups in total. The highest BCUT2D eigenvalue weighted by Crippen LogP contribution is 2.19. The van der Waals surface area contributed by atoms with E-state index in [9.17, 15) is 14.0 Å². The van der Waals surface area contributed by atoms with Gasteiger partial charge in [0.25, 0.3) is 5.91 Å². The van der Waals surface area contributed by atoms with E-state index in [2.05, 4.69) is 36.1 Å². The maximum absolute atomic E-state index is 13.8. The average molecular weight is 436 g/mol. The van der Waals surface area contributed by atoms with Crippen molar-refractivity contribution >= 4 is 33.4 Å². The van der Waals surface area contributed by atoms with E-state index in [0.29, 0.717) is 42.9 Å². The molecule has 2 aromatic rings. The molecule has 0 unspecified atom stereocenters. The predicted molar refractivity (Wildman–Crippen MR) is 102 cm³/mol. The van der Waals surface area contributed by atoms with Gasteiger partial charge < -0.3 is 10.2 Å². The normalized spacial score (nSPS) is 14.8. The van der Waals surface area contributed by atoms with Crippen LogP contribution in [-0.4, -0.2) is 64.3 Å². The summed E-state index contributed by atoms with van der Waals surface area (Å²) in [5.41, 5.74) is 0.504. The first-order chi connectivity index (χ1) is 13.0. The van der Waals surface area contributed by atoms with Gasteiger partial charge in [0.05, 0.1) is 11.9 Å². The van der Waals surface area contributed by atoms with Crippen LogP contribution < -0.4 is 5.32 Å². The Balaban J connectivity index is 1.43. The summed E-state index contributed by atoms with van der Waals surface area (Å²) in [7, 11) is 0. The molecule has 142 valence electrons. The van der Waals surface area contributed by atoms with E-state index in [1.807, 2.05) is 0 Å². The molecular weight excluding hydrogens is 417 g/mol. The van der Waals surface area contributed by atoms with Crippen LogP contribution in [0.15, 0.2) is 41.3 Å². The summed E-state index contributed by atoms with van der Waals surface area (Å²) in [6.07, 6.45) is 4.74. The summed E-state index contributed by atoms with van der Waals surface area (Å²) in [4.78, 5) is 36.2. The van der Waals surface area contributed by atoms with Gasteiger partial charge in [-0.15, -0.1) is 0 Å². The van der Waals surface area contributed by atoms with Crippen molar-refractivity contribution in [2.45, 2.75) is 6.42 Å². The third-order valence-electron chi connectivity index (χ3n) is 4.30. The fraction of sp³-hybridized carbons (Fsp3) is 0.333. The molecule has 0 saturated carbocycles. The molecule has 1 aromatic heterocycles. The molecule has 3 rings (SSSR count). The lowest BCUT2D eigenvalue weighted by Gasteiger charge is -2.34. The van der Waals surface area contributed by atoms with Crippen LogP contribution in [0, 0.1) is 5.82 Å². The van der Waals surface area contributed by atoms with Crippen molar-refractivity contribution in [3.8, 4) is 0 Å². The molecule has 0 aliphatic carbocycles. The lowest BCUT2D eigenvalue weighted by molar-refractivity contribution is -0.116. The van der Waals surface area contributed by atoms with Crippen molar-refractivity contribution in [2.75, 3.05) is 38.0 Å². The summed E-state index contributed by atoms with van der Waals surface area (Å²) in [5.74, 6) is -0.852. The summed E-state index contributed by atoms with van der Waals surface area (Å²) >= 11 is 3.18. The van der Waals surface area contributed by atoms with Gasteiger partial charge >= 0.3 is 0 Å². The number of anilines is 1. The molecule has 7 nitrogen and oxygen atoms in total. The number of aromatic nitrogens is 2. The predicted octanol–water partition coefficient (Wildman–Crippen LogP) is 2.16. The van der Waals surface area contributed by atoms with E-state index in [4.69, 9.17) is 0 Å². The molecule has 0 radical (unpaired) electrons. The van der Waals surface area contributed by atoms with Gasteiger partial charge in [-0.05, 0) is 18.2 Å². The van der Waals surface area contributed by atoms with Crippen LogP contribution in [0.5, 0.6) is 0 Å². The number of carbonyl (C=O) groups is 2. The topological polar surface area (TPSA) is 78.4 Å². The molecule has 27 heavy (non-hydrogen) atoms. The minimum atomic E-state index is -0.478. The number of piperazine rings is 1. The minimum Gasteiger partial charge on any atom is -0.335 e. The number of hydrogen-bond donors (Lipinski definition) is 1. The number of halogens is 2. The lowest BCUT2D eigenvalue weighted by atomic mass is 10.2. The number of benzene rings is 1. The molecule has 1 saturated heterocycles. The minimum absolute atomic E-state index is 0.133. The number of carbonyl (C=O) groups excluding carboxylic acids is 2. The second-order valence-electron chi connectivity index (χ2n) is 6.15. The largest absolute Gasteiger partial charge is 0.335 e. The van der Waals surface area contributed by atoms with Crippen LogP contribution in [0.3, 0.4) is 0 Å². The second-order valence-corrected chi connectivity index (χ2v) is 7.06. The SMILES string of the molecule is O=C(CCN1CCN(C(=O)c2cnccn2)CC1)Nc1ccc(Br)cc1F. The zero-order valence-corrected chi connectivity index (χ0v) is 16.2. The fourth-order valence-electron chi connectivity index (χ4n) is 2.81. The standard InChI is InChI=1S/C18H19BrFN5O2/c19-13-1-2-15(14(20)11-13)23-17(26)3-6-24-7-9-25(10-8-24)18(27)16-12-21-4-5-22-16/h1-2,4-5,11-12H,3,6-10H2,(H,23,26). The summed E-state index contributed by atoms with van der Waals surface area (Å²) in [5, 5.41) is 2.58. The lowest BCUT2D eigenvalue weighted by Crippen LogP contribution is -2.49. The molecule has 2 amide bonds. The Morgan fingerprint density at radius 3 is 2.63 bits per heavy atom. The van der Waals surface area contributed by atoms with E-state index in [1.165, 1.54) is 30.7 Å². The summed E-state index contributed by atoms with van der Waals surface area (Å²) in [6.45, 7) is 3.03. The molecule has 1 aromatic carbocycles. The monoisotopic (exact) mass is 435 g/mol. The zero-order chi connectivity index (χ0) is 19.2. The van der Waals surface area contributed by atoms with Gasteiger partial charge in [-0.2, -0.15) is 0 Å². The van der Waals surface area contributed by atoms with Gasteiger partial charge in [0.2, 0.25) is 5.91 Å². The van der Waals surface area contributed by atoms with E-state index in [0.717, 1.165) is 0 Å². The molecule has 0 bridgehead atoms. The Morgan fingerprint density at radius 1 is 1.19 bits per heavy atom. The van der Waals surface area contributed by atoms with Crippen molar-refractivity contribution < 1.29 is 14.0 Å². The van der Waals surface area contributed by atoms with Crippen molar-refractivity contribution in [3.05, 3.63) is 52.8 Å². The van der Waals surface area contributed by atoms with Crippen LogP contribution in [0.1, 0.15) is 16.9 Å². The van der Waals surface area contributed by atoms with Crippen LogP contribution in [0.25, 0.3) is 0 Å². The molecule has 1 fully saturated rings. The molecule has 1 aliphatic rings. The number of hydrogen-bond acceptors (Lipinski definition) is 5. The quantitative estimate of drug-likeness (QED) is 0.778. The molecular formula is C18H19BrFN5O2. The van der Waals surface area contributed by atoms with Gasteiger partial charge in [-0.3, -0.25) is 19.5 Å².